The second-order valence-corrected chi connectivity index (χ2v) is 4.87. The van der Waals surface area contributed by atoms with E-state index in [2.05, 4.69) is 24.6 Å². The van der Waals surface area contributed by atoms with Gasteiger partial charge in [-0.1, -0.05) is 0 Å². The zero-order valence-electron chi connectivity index (χ0n) is 7.87. The molecule has 1 saturated heterocycles. The zero-order valence-corrected chi connectivity index (χ0v) is 8.76. The van der Waals surface area contributed by atoms with Crippen LogP contribution in [-0.2, 0) is 0 Å². The standard InChI is InChI=1S/C10H19NS/c1-11-4-2-3-8(6-11)10-5-9(10)7-12/h8-10,12H,2-7H2,1H3. The molecule has 2 fully saturated rings. The summed E-state index contributed by atoms with van der Waals surface area (Å²) in [5.41, 5.74) is 0. The molecule has 2 rings (SSSR count). The number of piperidine rings is 1. The Morgan fingerprint density at radius 2 is 2.33 bits per heavy atom. The van der Waals surface area contributed by atoms with Crippen molar-refractivity contribution in [3.05, 3.63) is 0 Å². The summed E-state index contributed by atoms with van der Waals surface area (Å²) in [7, 11) is 2.25. The molecule has 3 atom stereocenters. The Kier molecular flexibility index (Phi) is 2.66. The molecule has 0 aromatic carbocycles. The molecule has 1 aliphatic carbocycles. The van der Waals surface area contributed by atoms with Gasteiger partial charge in [-0.3, -0.25) is 0 Å². The molecule has 1 saturated carbocycles. The molecule has 0 aromatic heterocycles. The van der Waals surface area contributed by atoms with Gasteiger partial charge in [0.05, 0.1) is 0 Å². The molecule has 2 aliphatic rings. The second-order valence-electron chi connectivity index (χ2n) is 4.51. The lowest BCUT2D eigenvalue weighted by Crippen LogP contribution is -2.33. The zero-order chi connectivity index (χ0) is 8.55. The Labute approximate surface area is 80.9 Å². The molecule has 1 aliphatic heterocycles. The normalized spacial score (nSPS) is 43.0. The van der Waals surface area contributed by atoms with Crippen LogP contribution in [0, 0.1) is 17.8 Å². The van der Waals surface area contributed by atoms with E-state index in [1.807, 2.05) is 0 Å². The SMILES string of the molecule is CN1CCCC(C2CC2CS)C1. The van der Waals surface area contributed by atoms with Crippen molar-refractivity contribution in [2.24, 2.45) is 17.8 Å². The molecule has 2 heteroatoms. The molecule has 0 amide bonds. The highest BCUT2D eigenvalue weighted by molar-refractivity contribution is 7.80. The fourth-order valence-electron chi connectivity index (χ4n) is 2.61. The predicted octanol–water partition coefficient (Wildman–Crippen LogP) is 1.89. The number of nitrogens with zero attached hydrogens (tertiary/aromatic N) is 1. The minimum atomic E-state index is 0.963. The summed E-state index contributed by atoms with van der Waals surface area (Å²) in [4.78, 5) is 2.49. The number of hydrogen-bond acceptors (Lipinski definition) is 2. The lowest BCUT2D eigenvalue weighted by atomic mass is 9.93. The van der Waals surface area contributed by atoms with Crippen LogP contribution in [0.15, 0.2) is 0 Å². The molecule has 0 radical (unpaired) electrons. The average molecular weight is 185 g/mol. The Bertz CT molecular complexity index is 160. The first-order chi connectivity index (χ1) is 5.81. The van der Waals surface area contributed by atoms with Gasteiger partial charge in [-0.2, -0.15) is 12.6 Å². The molecule has 70 valence electrons. The van der Waals surface area contributed by atoms with Gasteiger partial charge < -0.3 is 4.90 Å². The van der Waals surface area contributed by atoms with Crippen LogP contribution in [0.25, 0.3) is 0 Å². The van der Waals surface area contributed by atoms with Gasteiger partial charge in [-0.25, -0.2) is 0 Å². The predicted molar refractivity (Wildman–Crippen MR) is 55.7 cm³/mol. The van der Waals surface area contributed by atoms with E-state index >= 15 is 0 Å². The Morgan fingerprint density at radius 1 is 1.50 bits per heavy atom. The van der Waals surface area contributed by atoms with E-state index < -0.39 is 0 Å². The number of rotatable bonds is 2. The third-order valence-electron chi connectivity index (χ3n) is 3.48. The van der Waals surface area contributed by atoms with Crippen LogP contribution < -0.4 is 0 Å². The number of thiol groups is 1. The van der Waals surface area contributed by atoms with Crippen LogP contribution in [-0.4, -0.2) is 30.8 Å². The van der Waals surface area contributed by atoms with Crippen molar-refractivity contribution >= 4 is 12.6 Å². The lowest BCUT2D eigenvalue weighted by Gasteiger charge is -2.29. The summed E-state index contributed by atoms with van der Waals surface area (Å²) < 4.78 is 0. The first-order valence-electron chi connectivity index (χ1n) is 5.10. The average Bonchev–Trinajstić information content (AvgIpc) is 2.83. The van der Waals surface area contributed by atoms with Gasteiger partial charge >= 0.3 is 0 Å². The van der Waals surface area contributed by atoms with E-state index in [9.17, 15) is 0 Å². The highest BCUT2D eigenvalue weighted by Crippen LogP contribution is 2.47. The first-order valence-corrected chi connectivity index (χ1v) is 5.74. The van der Waals surface area contributed by atoms with Gasteiger partial charge in [0, 0.05) is 6.54 Å². The summed E-state index contributed by atoms with van der Waals surface area (Å²) in [5.74, 6) is 4.11. The van der Waals surface area contributed by atoms with Gasteiger partial charge in [0.25, 0.3) is 0 Å². The van der Waals surface area contributed by atoms with E-state index in [-0.39, 0.29) is 0 Å². The molecule has 12 heavy (non-hydrogen) atoms. The van der Waals surface area contributed by atoms with Crippen molar-refractivity contribution in [3.63, 3.8) is 0 Å². The van der Waals surface area contributed by atoms with Crippen molar-refractivity contribution in [1.82, 2.24) is 4.90 Å². The third-order valence-corrected chi connectivity index (χ3v) is 3.95. The maximum atomic E-state index is 4.37. The van der Waals surface area contributed by atoms with Gasteiger partial charge in [-0.05, 0) is 56.4 Å². The fraction of sp³-hybridized carbons (Fsp3) is 1.00. The fourth-order valence-corrected chi connectivity index (χ4v) is 3.03. The van der Waals surface area contributed by atoms with Crippen molar-refractivity contribution < 1.29 is 0 Å². The summed E-state index contributed by atoms with van der Waals surface area (Å²) in [5, 5.41) is 0. The topological polar surface area (TPSA) is 3.24 Å². The van der Waals surface area contributed by atoms with Crippen LogP contribution >= 0.6 is 12.6 Å². The van der Waals surface area contributed by atoms with E-state index in [1.54, 1.807) is 0 Å². The summed E-state index contributed by atoms with van der Waals surface area (Å²) in [6.07, 6.45) is 4.35. The molecule has 0 spiro atoms. The van der Waals surface area contributed by atoms with Crippen LogP contribution in [0.3, 0.4) is 0 Å². The maximum Gasteiger partial charge on any atom is 0.000937 e. The monoisotopic (exact) mass is 185 g/mol. The van der Waals surface area contributed by atoms with Crippen LogP contribution in [0.5, 0.6) is 0 Å². The lowest BCUT2D eigenvalue weighted by molar-refractivity contribution is 0.189. The largest absolute Gasteiger partial charge is 0.306 e. The number of likely N-dealkylation sites (tertiary alicyclic amines) is 1. The molecular formula is C10H19NS. The first kappa shape index (κ1) is 8.89. The number of hydrogen-bond donors (Lipinski definition) is 1. The van der Waals surface area contributed by atoms with Crippen LogP contribution in [0.1, 0.15) is 19.3 Å². The minimum Gasteiger partial charge on any atom is -0.306 e. The molecule has 3 unspecified atom stereocenters. The van der Waals surface area contributed by atoms with Crippen molar-refractivity contribution in [1.29, 1.82) is 0 Å². The second kappa shape index (κ2) is 3.59. The van der Waals surface area contributed by atoms with Crippen molar-refractivity contribution in [2.45, 2.75) is 19.3 Å². The minimum absolute atomic E-state index is 0.963. The van der Waals surface area contributed by atoms with Crippen molar-refractivity contribution in [3.8, 4) is 0 Å². The van der Waals surface area contributed by atoms with E-state index in [1.165, 1.54) is 32.4 Å². The highest BCUT2D eigenvalue weighted by Gasteiger charge is 2.42. The Balaban J connectivity index is 1.81. The van der Waals surface area contributed by atoms with Gasteiger partial charge in [0.1, 0.15) is 0 Å². The molecular weight excluding hydrogens is 166 g/mol. The maximum absolute atomic E-state index is 4.37. The smallest absolute Gasteiger partial charge is 0.000937 e. The Hall–Kier alpha value is 0.310. The van der Waals surface area contributed by atoms with Gasteiger partial charge in [0.2, 0.25) is 0 Å². The van der Waals surface area contributed by atoms with Crippen LogP contribution in [0.4, 0.5) is 0 Å². The summed E-state index contributed by atoms with van der Waals surface area (Å²) >= 11 is 4.37. The van der Waals surface area contributed by atoms with E-state index in [0.717, 1.165) is 23.5 Å². The summed E-state index contributed by atoms with van der Waals surface area (Å²) in [6, 6.07) is 0. The Morgan fingerprint density at radius 3 is 2.92 bits per heavy atom. The van der Waals surface area contributed by atoms with E-state index in [4.69, 9.17) is 0 Å². The molecule has 1 nitrogen and oxygen atoms in total. The van der Waals surface area contributed by atoms with E-state index in [0.29, 0.717) is 0 Å². The third kappa shape index (κ3) is 1.80. The van der Waals surface area contributed by atoms with Gasteiger partial charge in [0.15, 0.2) is 0 Å². The van der Waals surface area contributed by atoms with Crippen LogP contribution in [0.2, 0.25) is 0 Å². The molecule has 0 bridgehead atoms. The quantitative estimate of drug-likeness (QED) is 0.643. The van der Waals surface area contributed by atoms with Crippen molar-refractivity contribution in [2.75, 3.05) is 25.9 Å². The molecule has 0 aromatic rings. The summed E-state index contributed by atoms with van der Waals surface area (Å²) in [6.45, 7) is 2.66. The molecule has 0 N–H and O–H groups in total. The molecule has 1 heterocycles. The highest BCUT2D eigenvalue weighted by atomic mass is 32.1. The van der Waals surface area contributed by atoms with Gasteiger partial charge in [-0.15, -0.1) is 0 Å².